The highest BCUT2D eigenvalue weighted by atomic mass is 16.5. The van der Waals surface area contributed by atoms with E-state index in [4.69, 9.17) is 0 Å². The minimum absolute atomic E-state index is 0.259. The summed E-state index contributed by atoms with van der Waals surface area (Å²) in [5, 5.41) is 6.94. The number of nitrogens with zero attached hydrogens (tertiary/aromatic N) is 2. The van der Waals surface area contributed by atoms with E-state index in [0.717, 1.165) is 5.56 Å². The molecule has 0 saturated heterocycles. The summed E-state index contributed by atoms with van der Waals surface area (Å²) >= 11 is 0. The van der Waals surface area contributed by atoms with Crippen LogP contribution in [0, 0.1) is 13.8 Å². The number of benzene rings is 1. The molecule has 0 aliphatic carbocycles. The van der Waals surface area contributed by atoms with Gasteiger partial charge in [-0.3, -0.25) is 9.48 Å². The Morgan fingerprint density at radius 3 is 2.57 bits per heavy atom. The van der Waals surface area contributed by atoms with Gasteiger partial charge >= 0.3 is 5.97 Å². The Morgan fingerprint density at radius 1 is 1.29 bits per heavy atom. The topological polar surface area (TPSA) is 73.2 Å². The zero-order valence-corrected chi connectivity index (χ0v) is 12.4. The van der Waals surface area contributed by atoms with E-state index < -0.39 is 5.97 Å². The van der Waals surface area contributed by atoms with Gasteiger partial charge in [0.15, 0.2) is 0 Å². The quantitative estimate of drug-likeness (QED) is 0.877. The second-order valence-corrected chi connectivity index (χ2v) is 4.78. The molecule has 0 fully saturated rings. The van der Waals surface area contributed by atoms with E-state index >= 15 is 0 Å². The van der Waals surface area contributed by atoms with Crippen LogP contribution in [0.2, 0.25) is 0 Å². The highest BCUT2D eigenvalue weighted by Gasteiger charge is 2.15. The molecule has 0 spiro atoms. The van der Waals surface area contributed by atoms with Crippen LogP contribution in [0.5, 0.6) is 0 Å². The van der Waals surface area contributed by atoms with Crippen molar-refractivity contribution in [2.75, 3.05) is 12.4 Å². The van der Waals surface area contributed by atoms with Crippen LogP contribution in [-0.2, 0) is 11.8 Å². The zero-order chi connectivity index (χ0) is 15.6. The molecule has 110 valence electrons. The van der Waals surface area contributed by atoms with E-state index in [0.29, 0.717) is 22.5 Å². The van der Waals surface area contributed by atoms with Crippen molar-refractivity contribution in [3.05, 3.63) is 46.8 Å². The number of methoxy groups -OCH3 is 1. The van der Waals surface area contributed by atoms with Crippen LogP contribution >= 0.6 is 0 Å². The van der Waals surface area contributed by atoms with Crippen LogP contribution < -0.4 is 5.32 Å². The summed E-state index contributed by atoms with van der Waals surface area (Å²) in [5.41, 5.74) is 2.97. The third-order valence-corrected chi connectivity index (χ3v) is 3.16. The number of hydrogen-bond acceptors (Lipinski definition) is 4. The highest BCUT2D eigenvalue weighted by molar-refractivity contribution is 6.05. The van der Waals surface area contributed by atoms with Crippen LogP contribution in [0.4, 0.5) is 5.69 Å². The number of ether oxygens (including phenoxy) is 1. The van der Waals surface area contributed by atoms with Gasteiger partial charge in [-0.2, -0.15) is 5.10 Å². The molecule has 2 rings (SSSR count). The zero-order valence-electron chi connectivity index (χ0n) is 12.4. The first kappa shape index (κ1) is 14.8. The molecule has 0 saturated carbocycles. The average Bonchev–Trinajstić information content (AvgIpc) is 2.79. The van der Waals surface area contributed by atoms with Gasteiger partial charge < -0.3 is 10.1 Å². The predicted octanol–water partition coefficient (Wildman–Crippen LogP) is 2.08. The van der Waals surface area contributed by atoms with Crippen molar-refractivity contribution in [2.45, 2.75) is 13.8 Å². The Balaban J connectivity index is 2.28. The number of aryl methyl sites for hydroxylation is 3. The molecular formula is C15H17N3O3. The van der Waals surface area contributed by atoms with E-state index in [2.05, 4.69) is 15.2 Å². The minimum Gasteiger partial charge on any atom is -0.465 e. The molecule has 21 heavy (non-hydrogen) atoms. The third-order valence-electron chi connectivity index (χ3n) is 3.16. The number of nitrogens with one attached hydrogen (secondary N) is 1. The molecule has 1 aromatic heterocycles. The van der Waals surface area contributed by atoms with Crippen LogP contribution in [0.1, 0.15) is 32.0 Å². The second-order valence-electron chi connectivity index (χ2n) is 4.78. The molecule has 0 radical (unpaired) electrons. The molecule has 1 N–H and O–H groups in total. The van der Waals surface area contributed by atoms with Crippen molar-refractivity contribution in [2.24, 2.45) is 7.05 Å². The lowest BCUT2D eigenvalue weighted by Gasteiger charge is -2.09. The molecule has 1 amide bonds. The summed E-state index contributed by atoms with van der Waals surface area (Å²) in [6.45, 7) is 3.62. The molecule has 0 aliphatic heterocycles. The van der Waals surface area contributed by atoms with Gasteiger partial charge in [0.1, 0.15) is 0 Å². The maximum absolute atomic E-state index is 12.3. The molecular weight excluding hydrogens is 270 g/mol. The van der Waals surface area contributed by atoms with Gasteiger partial charge in [0.25, 0.3) is 5.91 Å². The van der Waals surface area contributed by atoms with Gasteiger partial charge in [-0.1, -0.05) is 6.07 Å². The van der Waals surface area contributed by atoms with E-state index in [1.165, 1.54) is 7.11 Å². The Kier molecular flexibility index (Phi) is 4.07. The summed E-state index contributed by atoms with van der Waals surface area (Å²) in [6, 6.07) is 5.02. The van der Waals surface area contributed by atoms with E-state index in [-0.39, 0.29) is 5.91 Å². The molecule has 0 aliphatic rings. The predicted molar refractivity (Wildman–Crippen MR) is 78.4 cm³/mol. The minimum atomic E-state index is -0.442. The summed E-state index contributed by atoms with van der Waals surface area (Å²) in [6.07, 6.45) is 1.66. The normalized spacial score (nSPS) is 10.3. The van der Waals surface area contributed by atoms with Crippen LogP contribution in [0.15, 0.2) is 24.4 Å². The van der Waals surface area contributed by atoms with Gasteiger partial charge in [0.05, 0.1) is 23.9 Å². The smallest absolute Gasteiger partial charge is 0.337 e. The number of carbonyl (C=O) groups excluding carboxylic acids is 2. The van der Waals surface area contributed by atoms with E-state index in [1.54, 1.807) is 43.0 Å². The largest absolute Gasteiger partial charge is 0.465 e. The molecule has 2 aromatic rings. The third kappa shape index (κ3) is 3.10. The number of anilines is 1. The van der Waals surface area contributed by atoms with E-state index in [1.807, 2.05) is 6.92 Å². The molecule has 6 heteroatoms. The Hall–Kier alpha value is -2.63. The lowest BCUT2D eigenvalue weighted by molar-refractivity contribution is 0.0600. The van der Waals surface area contributed by atoms with Gasteiger partial charge in [0, 0.05) is 18.9 Å². The Morgan fingerprint density at radius 2 is 2.00 bits per heavy atom. The van der Waals surface area contributed by atoms with Crippen LogP contribution in [0.3, 0.4) is 0 Å². The first-order valence-electron chi connectivity index (χ1n) is 6.43. The van der Waals surface area contributed by atoms with Crippen molar-refractivity contribution in [3.8, 4) is 0 Å². The standard InChI is InChI=1S/C15H17N3O3/c1-9-5-6-11(15(20)21-4)7-13(9)16-14(19)12-8-18(3)17-10(12)2/h5-8H,1-4H3,(H,16,19). The number of hydrogen-bond donors (Lipinski definition) is 1. The lowest BCUT2D eigenvalue weighted by atomic mass is 10.1. The van der Waals surface area contributed by atoms with Crippen LogP contribution in [0.25, 0.3) is 0 Å². The fraction of sp³-hybridized carbons (Fsp3) is 0.267. The number of rotatable bonds is 3. The van der Waals surface area contributed by atoms with Crippen molar-refractivity contribution in [1.82, 2.24) is 9.78 Å². The van der Waals surface area contributed by atoms with Crippen LogP contribution in [-0.4, -0.2) is 28.8 Å². The highest BCUT2D eigenvalue weighted by Crippen LogP contribution is 2.19. The summed E-state index contributed by atoms with van der Waals surface area (Å²) in [5.74, 6) is -0.700. The van der Waals surface area contributed by atoms with Crippen molar-refractivity contribution in [1.29, 1.82) is 0 Å². The molecule has 6 nitrogen and oxygen atoms in total. The van der Waals surface area contributed by atoms with Crippen molar-refractivity contribution in [3.63, 3.8) is 0 Å². The number of aromatic nitrogens is 2. The average molecular weight is 287 g/mol. The number of carbonyl (C=O) groups is 2. The number of amides is 1. The van der Waals surface area contributed by atoms with Gasteiger partial charge in [-0.15, -0.1) is 0 Å². The number of esters is 1. The maximum Gasteiger partial charge on any atom is 0.337 e. The lowest BCUT2D eigenvalue weighted by Crippen LogP contribution is -2.14. The first-order chi connectivity index (χ1) is 9.92. The second kappa shape index (κ2) is 5.78. The van der Waals surface area contributed by atoms with E-state index in [9.17, 15) is 9.59 Å². The molecule has 1 aromatic carbocycles. The summed E-state index contributed by atoms with van der Waals surface area (Å²) in [4.78, 5) is 23.8. The fourth-order valence-corrected chi connectivity index (χ4v) is 2.01. The monoisotopic (exact) mass is 287 g/mol. The SMILES string of the molecule is COC(=O)c1ccc(C)c(NC(=O)c2cn(C)nc2C)c1. The maximum atomic E-state index is 12.3. The Labute approximate surface area is 122 Å². The first-order valence-corrected chi connectivity index (χ1v) is 6.43. The van der Waals surface area contributed by atoms with Gasteiger partial charge in [-0.05, 0) is 31.5 Å². The van der Waals surface area contributed by atoms with Crippen molar-refractivity contribution < 1.29 is 14.3 Å². The Bertz CT molecular complexity index is 704. The molecule has 1 heterocycles. The summed E-state index contributed by atoms with van der Waals surface area (Å²) < 4.78 is 6.26. The molecule has 0 atom stereocenters. The molecule has 0 unspecified atom stereocenters. The van der Waals surface area contributed by atoms with Gasteiger partial charge in [-0.25, -0.2) is 4.79 Å². The fourth-order valence-electron chi connectivity index (χ4n) is 2.01. The van der Waals surface area contributed by atoms with Crippen molar-refractivity contribution >= 4 is 17.6 Å². The molecule has 0 bridgehead atoms. The van der Waals surface area contributed by atoms with Gasteiger partial charge in [0.2, 0.25) is 0 Å². The summed E-state index contributed by atoms with van der Waals surface area (Å²) in [7, 11) is 3.08.